The van der Waals surface area contributed by atoms with Crippen molar-refractivity contribution in [3.05, 3.63) is 48.0 Å². The molecular weight excluding hydrogens is 324 g/mol. The van der Waals surface area contributed by atoms with Crippen LogP contribution in [0.1, 0.15) is 11.4 Å². The molecule has 126 valence electrons. The first-order valence-electron chi connectivity index (χ1n) is 7.43. The third-order valence-electron chi connectivity index (χ3n) is 3.45. The number of aryl methyl sites for hydroxylation is 1. The van der Waals surface area contributed by atoms with Crippen LogP contribution >= 0.6 is 11.8 Å². The van der Waals surface area contributed by atoms with Crippen LogP contribution in [0.25, 0.3) is 10.9 Å². The molecule has 0 bridgehead atoms. The molecule has 0 amide bonds. The van der Waals surface area contributed by atoms with E-state index in [1.807, 2.05) is 6.20 Å². The van der Waals surface area contributed by atoms with E-state index in [0.29, 0.717) is 0 Å². The van der Waals surface area contributed by atoms with Gasteiger partial charge in [-0.05, 0) is 43.0 Å². The number of H-pyrrole nitrogens is 1. The summed E-state index contributed by atoms with van der Waals surface area (Å²) >= 11 is 1.76. The number of hydrogen-bond acceptors (Lipinski definition) is 5. The molecule has 1 aromatic carbocycles. The van der Waals surface area contributed by atoms with E-state index in [-0.39, 0.29) is 6.47 Å². The van der Waals surface area contributed by atoms with Crippen molar-refractivity contribution in [2.75, 3.05) is 18.1 Å². The summed E-state index contributed by atoms with van der Waals surface area (Å²) in [5, 5.41) is 11.5. The van der Waals surface area contributed by atoms with Crippen LogP contribution in [0.5, 0.6) is 0 Å². The van der Waals surface area contributed by atoms with Crippen molar-refractivity contribution in [2.24, 2.45) is 0 Å². The van der Waals surface area contributed by atoms with E-state index < -0.39 is 0 Å². The summed E-state index contributed by atoms with van der Waals surface area (Å²) in [5.74, 6) is 1.91. The molecule has 0 saturated heterocycles. The minimum Gasteiger partial charge on any atom is -0.483 e. The molecule has 0 aliphatic heterocycles. The highest BCUT2D eigenvalue weighted by molar-refractivity contribution is 7.98. The number of benzene rings is 1. The second-order valence-corrected chi connectivity index (χ2v) is 5.91. The zero-order valence-electron chi connectivity index (χ0n) is 13.6. The zero-order valence-corrected chi connectivity index (χ0v) is 14.4. The van der Waals surface area contributed by atoms with Crippen molar-refractivity contribution < 1.29 is 9.90 Å². The van der Waals surface area contributed by atoms with Crippen LogP contribution in [0.4, 0.5) is 5.82 Å². The fraction of sp³-hybridized carbons (Fsp3) is 0.235. The number of aromatic nitrogens is 3. The maximum Gasteiger partial charge on any atom is 0.290 e. The van der Waals surface area contributed by atoms with E-state index in [0.717, 1.165) is 30.1 Å². The average Bonchev–Trinajstić information content (AvgIpc) is 3.09. The number of carbonyl (C=O) groups is 1. The summed E-state index contributed by atoms with van der Waals surface area (Å²) in [4.78, 5) is 21.6. The highest BCUT2D eigenvalue weighted by Crippen LogP contribution is 2.25. The summed E-state index contributed by atoms with van der Waals surface area (Å²) in [5.41, 5.74) is 2.28. The molecule has 3 aromatic rings. The number of nitrogens with one attached hydrogen (secondary N) is 2. The predicted molar refractivity (Wildman–Crippen MR) is 97.7 cm³/mol. The number of carboxylic acid groups (broad SMARTS) is 1. The normalized spacial score (nSPS) is 10.1. The third-order valence-corrected chi connectivity index (χ3v) is 4.17. The number of hydrogen-bond donors (Lipinski definition) is 3. The summed E-state index contributed by atoms with van der Waals surface area (Å²) < 4.78 is 0. The Balaban J connectivity index is 0.000000647. The van der Waals surface area contributed by atoms with E-state index in [1.165, 1.54) is 15.8 Å². The first-order valence-corrected chi connectivity index (χ1v) is 8.65. The molecule has 0 saturated carbocycles. The van der Waals surface area contributed by atoms with Crippen LogP contribution in [-0.4, -0.2) is 39.3 Å². The topological polar surface area (TPSA) is 90.9 Å². The number of imidazole rings is 1. The molecule has 0 atom stereocenters. The van der Waals surface area contributed by atoms with Gasteiger partial charge in [0.05, 0.1) is 5.52 Å². The number of aromatic amines is 1. The Morgan fingerprint density at radius 1 is 1.38 bits per heavy atom. The molecule has 0 fully saturated rings. The van der Waals surface area contributed by atoms with Gasteiger partial charge in [-0.1, -0.05) is 0 Å². The molecule has 2 aromatic heterocycles. The van der Waals surface area contributed by atoms with E-state index in [9.17, 15) is 0 Å². The first-order chi connectivity index (χ1) is 11.7. The van der Waals surface area contributed by atoms with Crippen LogP contribution in [0.2, 0.25) is 0 Å². The van der Waals surface area contributed by atoms with Gasteiger partial charge in [0.15, 0.2) is 0 Å². The van der Waals surface area contributed by atoms with Crippen LogP contribution in [-0.2, 0) is 11.2 Å². The molecule has 2 heterocycles. The Hall–Kier alpha value is -2.54. The van der Waals surface area contributed by atoms with Gasteiger partial charge in [0, 0.05) is 35.6 Å². The van der Waals surface area contributed by atoms with Crippen molar-refractivity contribution in [3.8, 4) is 0 Å². The van der Waals surface area contributed by atoms with Gasteiger partial charge in [-0.15, -0.1) is 11.8 Å². The first kappa shape index (κ1) is 17.8. The minimum atomic E-state index is -0.250. The van der Waals surface area contributed by atoms with Crippen molar-refractivity contribution in [3.63, 3.8) is 0 Å². The van der Waals surface area contributed by atoms with Gasteiger partial charge in [0.2, 0.25) is 0 Å². The SMILES string of the molecule is CSc1ccc2nc(NCCc3ncc[nH]3)cc(C)c2c1.O=CO. The minimum absolute atomic E-state index is 0.250. The lowest BCUT2D eigenvalue weighted by molar-refractivity contribution is -0.122. The number of rotatable bonds is 5. The van der Waals surface area contributed by atoms with E-state index in [4.69, 9.17) is 9.90 Å². The maximum atomic E-state index is 8.36. The van der Waals surface area contributed by atoms with E-state index >= 15 is 0 Å². The quantitative estimate of drug-likeness (QED) is 0.486. The van der Waals surface area contributed by atoms with Gasteiger partial charge in [0.1, 0.15) is 11.6 Å². The second kappa shape index (κ2) is 8.93. The zero-order chi connectivity index (χ0) is 17.4. The number of fused-ring (bicyclic) bond motifs is 1. The lowest BCUT2D eigenvalue weighted by atomic mass is 10.1. The molecular formula is C17H20N4O2S. The molecule has 0 unspecified atom stereocenters. The van der Waals surface area contributed by atoms with Crippen molar-refractivity contribution in [1.29, 1.82) is 0 Å². The van der Waals surface area contributed by atoms with Gasteiger partial charge < -0.3 is 15.4 Å². The van der Waals surface area contributed by atoms with E-state index in [1.54, 1.807) is 18.0 Å². The maximum absolute atomic E-state index is 8.36. The Kier molecular flexibility index (Phi) is 6.62. The molecule has 7 heteroatoms. The smallest absolute Gasteiger partial charge is 0.290 e. The number of anilines is 1. The largest absolute Gasteiger partial charge is 0.483 e. The van der Waals surface area contributed by atoms with Crippen molar-refractivity contribution in [2.45, 2.75) is 18.2 Å². The van der Waals surface area contributed by atoms with Gasteiger partial charge >= 0.3 is 0 Å². The highest BCUT2D eigenvalue weighted by Gasteiger charge is 2.04. The Labute approximate surface area is 144 Å². The van der Waals surface area contributed by atoms with Gasteiger partial charge in [-0.2, -0.15) is 0 Å². The van der Waals surface area contributed by atoms with Crippen LogP contribution in [0, 0.1) is 6.92 Å². The number of thioether (sulfide) groups is 1. The third kappa shape index (κ3) is 4.73. The Bertz CT molecular complexity index is 791. The fourth-order valence-electron chi connectivity index (χ4n) is 2.33. The van der Waals surface area contributed by atoms with E-state index in [2.05, 4.69) is 57.7 Å². The molecule has 0 aliphatic rings. The standard InChI is InChI=1S/C16H18N4S.CH2O2/c1-11-9-16(17-6-5-15-18-7-8-19-15)20-14-4-3-12(21-2)10-13(11)14;2-1-3/h3-4,7-10H,5-6H2,1-2H3,(H,17,20)(H,18,19);1H,(H,2,3). The highest BCUT2D eigenvalue weighted by atomic mass is 32.2. The molecule has 24 heavy (non-hydrogen) atoms. The average molecular weight is 344 g/mol. The molecule has 3 N–H and O–H groups in total. The summed E-state index contributed by atoms with van der Waals surface area (Å²) in [7, 11) is 0. The fourth-order valence-corrected chi connectivity index (χ4v) is 2.77. The monoisotopic (exact) mass is 344 g/mol. The predicted octanol–water partition coefficient (Wildman–Crippen LogP) is 3.34. The van der Waals surface area contributed by atoms with Crippen molar-refractivity contribution in [1.82, 2.24) is 15.0 Å². The molecule has 6 nitrogen and oxygen atoms in total. The summed E-state index contributed by atoms with van der Waals surface area (Å²) in [6.45, 7) is 2.69. The molecule has 3 rings (SSSR count). The number of nitrogens with zero attached hydrogens (tertiary/aromatic N) is 2. The second-order valence-electron chi connectivity index (χ2n) is 5.03. The van der Waals surface area contributed by atoms with Crippen LogP contribution in [0.3, 0.4) is 0 Å². The molecule has 0 radical (unpaired) electrons. The lowest BCUT2D eigenvalue weighted by Gasteiger charge is -2.09. The Morgan fingerprint density at radius 3 is 2.83 bits per heavy atom. The van der Waals surface area contributed by atoms with Crippen molar-refractivity contribution >= 4 is 35.0 Å². The van der Waals surface area contributed by atoms with Gasteiger partial charge in [-0.25, -0.2) is 9.97 Å². The van der Waals surface area contributed by atoms with Gasteiger partial charge in [-0.3, -0.25) is 4.79 Å². The Morgan fingerprint density at radius 2 is 2.17 bits per heavy atom. The molecule has 0 spiro atoms. The van der Waals surface area contributed by atoms with Crippen LogP contribution in [0.15, 0.2) is 41.6 Å². The van der Waals surface area contributed by atoms with Crippen LogP contribution < -0.4 is 5.32 Å². The van der Waals surface area contributed by atoms with Gasteiger partial charge in [0.25, 0.3) is 6.47 Å². The summed E-state index contributed by atoms with van der Waals surface area (Å²) in [6.07, 6.45) is 6.57. The summed E-state index contributed by atoms with van der Waals surface area (Å²) in [6, 6.07) is 8.52. The lowest BCUT2D eigenvalue weighted by Crippen LogP contribution is -2.07. The molecule has 0 aliphatic carbocycles. The number of pyridine rings is 1.